The van der Waals surface area contributed by atoms with Gasteiger partial charge in [-0.1, -0.05) is 12.1 Å². The highest BCUT2D eigenvalue weighted by molar-refractivity contribution is 6.07. The van der Waals surface area contributed by atoms with Crippen LogP contribution in [0.15, 0.2) is 24.3 Å². The first-order chi connectivity index (χ1) is 9.10. The zero-order valence-electron chi connectivity index (χ0n) is 10.8. The lowest BCUT2D eigenvalue weighted by atomic mass is 10.1. The summed E-state index contributed by atoms with van der Waals surface area (Å²) < 4.78 is 4.97. The van der Waals surface area contributed by atoms with Gasteiger partial charge in [0.2, 0.25) is 0 Å². The van der Waals surface area contributed by atoms with E-state index in [0.29, 0.717) is 5.75 Å². The lowest BCUT2D eigenvalue weighted by molar-refractivity contribution is -0.125. The van der Waals surface area contributed by atoms with Crippen molar-refractivity contribution in [3.8, 4) is 11.5 Å². The maximum atomic E-state index is 11.6. The lowest BCUT2D eigenvalue weighted by Crippen LogP contribution is -2.06. The molecule has 1 fully saturated rings. The van der Waals surface area contributed by atoms with E-state index in [9.17, 15) is 14.7 Å². The normalized spacial score (nSPS) is 14.6. The molecule has 1 aliphatic rings. The quantitative estimate of drug-likeness (QED) is 0.630. The highest BCUT2D eigenvalue weighted by Crippen LogP contribution is 2.31. The van der Waals surface area contributed by atoms with Gasteiger partial charge in [-0.2, -0.15) is 0 Å². The Morgan fingerprint density at radius 1 is 1.42 bits per heavy atom. The van der Waals surface area contributed by atoms with Crippen molar-refractivity contribution in [3.63, 3.8) is 0 Å². The first kappa shape index (κ1) is 13.3. The molecule has 0 bridgehead atoms. The molecule has 0 spiro atoms. The number of Topliss-reactive ketones (excluding diaryl/α,β-unsaturated/α-hetero) is 1. The molecular weight excluding hydrogens is 244 g/mol. The van der Waals surface area contributed by atoms with E-state index in [1.165, 1.54) is 19.3 Å². The topological polar surface area (TPSA) is 63.6 Å². The van der Waals surface area contributed by atoms with Crippen molar-refractivity contribution in [2.24, 2.45) is 5.92 Å². The summed E-state index contributed by atoms with van der Waals surface area (Å²) in [6.07, 6.45) is 4.84. The van der Waals surface area contributed by atoms with Crippen molar-refractivity contribution in [3.05, 3.63) is 29.8 Å². The molecule has 0 saturated heterocycles. The van der Waals surface area contributed by atoms with Gasteiger partial charge in [0.1, 0.15) is 5.78 Å². The van der Waals surface area contributed by atoms with E-state index in [2.05, 4.69) is 0 Å². The van der Waals surface area contributed by atoms with Crippen LogP contribution in [0.1, 0.15) is 24.8 Å². The summed E-state index contributed by atoms with van der Waals surface area (Å²) in [6.45, 7) is 0. The third-order valence-electron chi connectivity index (χ3n) is 3.05. The molecule has 0 unspecified atom stereocenters. The average Bonchev–Trinajstić information content (AvgIpc) is 3.22. The van der Waals surface area contributed by atoms with Crippen molar-refractivity contribution in [1.82, 2.24) is 0 Å². The van der Waals surface area contributed by atoms with Gasteiger partial charge in [-0.05, 0) is 36.6 Å². The smallest absolute Gasteiger partial charge is 0.163 e. The zero-order chi connectivity index (χ0) is 13.8. The number of aromatic hydroxyl groups is 1. The zero-order valence-corrected chi connectivity index (χ0v) is 10.8. The van der Waals surface area contributed by atoms with Gasteiger partial charge in [-0.15, -0.1) is 0 Å². The molecule has 100 valence electrons. The first-order valence-corrected chi connectivity index (χ1v) is 6.21. The molecule has 0 aromatic heterocycles. The van der Waals surface area contributed by atoms with Crippen LogP contribution in [-0.4, -0.2) is 23.8 Å². The molecule has 0 atom stereocenters. The number of allylic oxidation sites excluding steroid dienone is 1. The van der Waals surface area contributed by atoms with Crippen molar-refractivity contribution in [2.75, 3.05) is 7.11 Å². The second kappa shape index (κ2) is 5.69. The minimum absolute atomic E-state index is 0.0175. The van der Waals surface area contributed by atoms with E-state index in [1.807, 2.05) is 0 Å². The Morgan fingerprint density at radius 3 is 2.79 bits per heavy atom. The van der Waals surface area contributed by atoms with Crippen LogP contribution < -0.4 is 4.74 Å². The fourth-order valence-electron chi connectivity index (χ4n) is 1.77. The summed E-state index contributed by atoms with van der Waals surface area (Å²) in [4.78, 5) is 23.1. The maximum absolute atomic E-state index is 11.6. The predicted molar refractivity (Wildman–Crippen MR) is 71.0 cm³/mol. The largest absolute Gasteiger partial charge is 0.504 e. The summed E-state index contributed by atoms with van der Waals surface area (Å²) in [5.41, 5.74) is 0.738. The molecule has 2 rings (SSSR count). The van der Waals surface area contributed by atoms with E-state index in [4.69, 9.17) is 4.74 Å². The van der Waals surface area contributed by atoms with Crippen molar-refractivity contribution < 1.29 is 19.4 Å². The van der Waals surface area contributed by atoms with E-state index in [1.54, 1.807) is 18.2 Å². The molecule has 0 radical (unpaired) electrons. The van der Waals surface area contributed by atoms with Crippen LogP contribution in [0.2, 0.25) is 0 Å². The second-order valence-corrected chi connectivity index (χ2v) is 4.65. The van der Waals surface area contributed by atoms with Crippen LogP contribution in [0, 0.1) is 5.92 Å². The molecule has 4 nitrogen and oxygen atoms in total. The molecule has 0 aliphatic heterocycles. The fraction of sp³-hybridized carbons (Fsp3) is 0.333. The Hall–Kier alpha value is -2.10. The molecule has 19 heavy (non-hydrogen) atoms. The van der Waals surface area contributed by atoms with Crippen LogP contribution in [0.25, 0.3) is 6.08 Å². The van der Waals surface area contributed by atoms with E-state index in [0.717, 1.165) is 18.4 Å². The minimum Gasteiger partial charge on any atom is -0.504 e. The Bertz CT molecular complexity index is 527. The van der Waals surface area contributed by atoms with Crippen LogP contribution in [0.3, 0.4) is 0 Å². The van der Waals surface area contributed by atoms with Gasteiger partial charge in [-0.25, -0.2) is 0 Å². The third kappa shape index (κ3) is 3.68. The number of ketones is 2. The number of carbonyl (C=O) groups excluding carboxylic acids is 2. The van der Waals surface area contributed by atoms with Crippen LogP contribution >= 0.6 is 0 Å². The number of phenolic OH excluding ortho intramolecular Hbond substituents is 1. The first-order valence-electron chi connectivity index (χ1n) is 6.21. The number of phenols is 1. The highest BCUT2D eigenvalue weighted by Gasteiger charge is 2.29. The Kier molecular flexibility index (Phi) is 4.00. The van der Waals surface area contributed by atoms with Crippen molar-refractivity contribution in [1.29, 1.82) is 0 Å². The fourth-order valence-corrected chi connectivity index (χ4v) is 1.77. The number of ether oxygens (including phenoxy) is 1. The molecule has 1 N–H and O–H groups in total. The highest BCUT2D eigenvalue weighted by atomic mass is 16.5. The van der Waals surface area contributed by atoms with Gasteiger partial charge < -0.3 is 9.84 Å². The third-order valence-corrected chi connectivity index (χ3v) is 3.05. The molecule has 4 heteroatoms. The maximum Gasteiger partial charge on any atom is 0.163 e. The molecule has 1 aromatic carbocycles. The summed E-state index contributed by atoms with van der Waals surface area (Å²) in [7, 11) is 1.46. The second-order valence-electron chi connectivity index (χ2n) is 4.65. The van der Waals surface area contributed by atoms with Crippen molar-refractivity contribution in [2.45, 2.75) is 19.3 Å². The SMILES string of the molecule is COc1cc(/C=C/C(=O)CC(=O)C2CC2)ccc1O. The van der Waals surface area contributed by atoms with Crippen LogP contribution in [-0.2, 0) is 9.59 Å². The minimum atomic E-state index is -0.191. The Morgan fingerprint density at radius 2 is 2.16 bits per heavy atom. The van der Waals surface area contributed by atoms with Crippen LogP contribution in [0.5, 0.6) is 11.5 Å². The van der Waals surface area contributed by atoms with Gasteiger partial charge in [-0.3, -0.25) is 9.59 Å². The Balaban J connectivity index is 1.97. The van der Waals surface area contributed by atoms with E-state index in [-0.39, 0.29) is 29.7 Å². The van der Waals surface area contributed by atoms with Gasteiger partial charge in [0.05, 0.1) is 13.5 Å². The van der Waals surface area contributed by atoms with Gasteiger partial charge in [0.25, 0.3) is 0 Å². The molecule has 0 amide bonds. The summed E-state index contributed by atoms with van der Waals surface area (Å²) in [5, 5.41) is 9.44. The van der Waals surface area contributed by atoms with Gasteiger partial charge >= 0.3 is 0 Å². The van der Waals surface area contributed by atoms with Gasteiger partial charge in [0, 0.05) is 5.92 Å². The van der Waals surface area contributed by atoms with Crippen LogP contribution in [0.4, 0.5) is 0 Å². The standard InChI is InChI=1S/C15H16O4/c1-19-15-8-10(3-7-13(15)17)2-6-12(16)9-14(18)11-4-5-11/h2-3,6-8,11,17H,4-5,9H2,1H3/b6-2+. The number of hydrogen-bond donors (Lipinski definition) is 1. The molecule has 1 aromatic rings. The average molecular weight is 260 g/mol. The number of hydrogen-bond acceptors (Lipinski definition) is 4. The summed E-state index contributed by atoms with van der Waals surface area (Å²) >= 11 is 0. The van der Waals surface area contributed by atoms with Crippen molar-refractivity contribution >= 4 is 17.6 Å². The monoisotopic (exact) mass is 260 g/mol. The number of benzene rings is 1. The summed E-state index contributed by atoms with van der Waals surface area (Å²) in [6, 6.07) is 4.80. The van der Waals surface area contributed by atoms with Gasteiger partial charge in [0.15, 0.2) is 17.3 Å². The molecular formula is C15H16O4. The number of rotatable bonds is 6. The summed E-state index contributed by atoms with van der Waals surface area (Å²) in [5.74, 6) is 0.367. The molecule has 1 saturated carbocycles. The van der Waals surface area contributed by atoms with E-state index < -0.39 is 0 Å². The Labute approximate surface area is 111 Å². The number of methoxy groups -OCH3 is 1. The lowest BCUT2D eigenvalue weighted by Gasteiger charge is -2.03. The number of carbonyl (C=O) groups is 2. The van der Waals surface area contributed by atoms with E-state index >= 15 is 0 Å². The molecule has 1 aliphatic carbocycles. The molecule has 0 heterocycles. The predicted octanol–water partition coefficient (Wildman–Crippen LogP) is 2.35.